The Labute approximate surface area is 294 Å². The number of rotatable bonds is 19. The third kappa shape index (κ3) is 11.3. The molecule has 2 aromatic carbocycles. The van der Waals surface area contributed by atoms with Gasteiger partial charge in [0, 0.05) is 24.0 Å². The number of hydrogen-bond donors (Lipinski definition) is 3. The zero-order valence-corrected chi connectivity index (χ0v) is 29.8. The van der Waals surface area contributed by atoms with Crippen LogP contribution in [0, 0.1) is 5.41 Å². The van der Waals surface area contributed by atoms with Crippen LogP contribution in [-0.2, 0) is 30.2 Å². The first kappa shape index (κ1) is 38.3. The van der Waals surface area contributed by atoms with Gasteiger partial charge in [0.1, 0.15) is 6.61 Å². The fraction of sp³-hybridized carbons (Fsp3) is 0.474. The Balaban J connectivity index is 1.19. The van der Waals surface area contributed by atoms with Gasteiger partial charge in [-0.25, -0.2) is 4.98 Å². The average Bonchev–Trinajstić information content (AvgIpc) is 3.49. The van der Waals surface area contributed by atoms with Crippen LogP contribution in [0.5, 0.6) is 11.5 Å². The van der Waals surface area contributed by atoms with E-state index in [0.29, 0.717) is 75.0 Å². The molecular weight excluding hydrogens is 640 g/mol. The number of amides is 3. The summed E-state index contributed by atoms with van der Waals surface area (Å²) in [4.78, 5) is 42.8. The molecule has 12 nitrogen and oxygen atoms in total. The molecule has 0 saturated carbocycles. The molecule has 1 aromatic heterocycles. The first-order valence-corrected chi connectivity index (χ1v) is 17.0. The van der Waals surface area contributed by atoms with Crippen molar-refractivity contribution >= 4 is 40.3 Å². The number of ether oxygens (including phenoxy) is 5. The summed E-state index contributed by atoms with van der Waals surface area (Å²) in [6.07, 6.45) is 4.28. The fourth-order valence-corrected chi connectivity index (χ4v) is 5.56. The highest BCUT2D eigenvalue weighted by Gasteiger charge is 2.27. The molecular formula is C38H50N4O8. The largest absolute Gasteiger partial charge is 0.493 e. The molecule has 50 heavy (non-hydrogen) atoms. The predicted octanol–water partition coefficient (Wildman–Crippen LogP) is 4.19. The molecule has 3 aromatic rings. The van der Waals surface area contributed by atoms with Crippen molar-refractivity contribution in [3.63, 3.8) is 0 Å². The first-order chi connectivity index (χ1) is 24.1. The normalized spacial score (nSPS) is 13.3. The molecule has 0 spiro atoms. The van der Waals surface area contributed by atoms with E-state index in [1.165, 1.54) is 0 Å². The molecule has 1 aliphatic carbocycles. The molecule has 1 heterocycles. The first-order valence-electron chi connectivity index (χ1n) is 17.0. The van der Waals surface area contributed by atoms with E-state index in [2.05, 4.69) is 36.7 Å². The van der Waals surface area contributed by atoms with Gasteiger partial charge in [0.2, 0.25) is 11.8 Å². The highest BCUT2D eigenvalue weighted by molar-refractivity contribution is 6.10. The minimum absolute atomic E-state index is 0.00483. The Morgan fingerprint density at radius 2 is 1.52 bits per heavy atom. The smallest absolute Gasteiger partial charge is 0.252 e. The quantitative estimate of drug-likeness (QED) is 0.158. The molecule has 0 aliphatic heterocycles. The SMILES string of the molecule is COc1cccc(C=C2CCc3c2nc2ccccc2c3C(=O)NCC(=O)NCCOCCOCCOCC(=O)NCCC(C)(C)C)c1OC. The standard InChI is InChI=1S/C38H50N4O8/c1-38(2,3)15-16-39-33(44)25-50-22-21-49-20-19-48-18-17-40-32(43)24-41-37(45)34-28-10-6-7-11-30(28)42-35-26(13-14-29(34)35)23-27-9-8-12-31(46-4)36(27)47-5/h6-12,23H,13-22,24-25H2,1-5H3,(H,39,44)(H,40,43)(H,41,45). The van der Waals surface area contributed by atoms with Crippen LogP contribution < -0.4 is 25.4 Å². The van der Waals surface area contributed by atoms with Gasteiger partial charge in [-0.2, -0.15) is 0 Å². The molecule has 0 atom stereocenters. The molecule has 4 rings (SSSR count). The Morgan fingerprint density at radius 3 is 2.26 bits per heavy atom. The van der Waals surface area contributed by atoms with E-state index < -0.39 is 0 Å². The average molecular weight is 691 g/mol. The Bertz CT molecular complexity index is 1650. The van der Waals surface area contributed by atoms with Gasteiger partial charge in [0.25, 0.3) is 5.91 Å². The van der Waals surface area contributed by atoms with Crippen LogP contribution in [0.4, 0.5) is 0 Å². The van der Waals surface area contributed by atoms with Crippen LogP contribution in [0.2, 0.25) is 0 Å². The summed E-state index contributed by atoms with van der Waals surface area (Å²) in [6, 6.07) is 13.2. The molecule has 0 unspecified atom stereocenters. The molecule has 0 radical (unpaired) electrons. The minimum Gasteiger partial charge on any atom is -0.493 e. The maximum absolute atomic E-state index is 13.6. The van der Waals surface area contributed by atoms with Gasteiger partial charge in [-0.05, 0) is 54.0 Å². The molecule has 1 aliphatic rings. The molecule has 0 fully saturated rings. The molecule has 12 heteroatoms. The van der Waals surface area contributed by atoms with E-state index in [-0.39, 0.29) is 42.8 Å². The van der Waals surface area contributed by atoms with E-state index in [9.17, 15) is 14.4 Å². The number of carbonyl (C=O) groups is 3. The van der Waals surface area contributed by atoms with E-state index in [0.717, 1.165) is 34.2 Å². The lowest BCUT2D eigenvalue weighted by molar-refractivity contribution is -0.126. The van der Waals surface area contributed by atoms with Gasteiger partial charge < -0.3 is 39.6 Å². The third-order valence-electron chi connectivity index (χ3n) is 8.08. The summed E-state index contributed by atoms with van der Waals surface area (Å²) in [7, 11) is 3.21. The monoisotopic (exact) mass is 690 g/mol. The lowest BCUT2D eigenvalue weighted by Crippen LogP contribution is -2.38. The number of pyridine rings is 1. The third-order valence-corrected chi connectivity index (χ3v) is 8.08. The Hall–Kier alpha value is -4.52. The van der Waals surface area contributed by atoms with Gasteiger partial charge in [0.05, 0.1) is 70.6 Å². The van der Waals surface area contributed by atoms with Crippen LogP contribution in [0.1, 0.15) is 60.8 Å². The molecule has 0 saturated heterocycles. The van der Waals surface area contributed by atoms with Crippen molar-refractivity contribution in [2.75, 3.05) is 73.5 Å². The number of methoxy groups -OCH3 is 2. The van der Waals surface area contributed by atoms with E-state index in [1.54, 1.807) is 14.2 Å². The van der Waals surface area contributed by atoms with Crippen molar-refractivity contribution in [3.8, 4) is 11.5 Å². The second-order valence-corrected chi connectivity index (χ2v) is 13.1. The highest BCUT2D eigenvalue weighted by atomic mass is 16.5. The number of nitrogens with one attached hydrogen (secondary N) is 3. The summed E-state index contributed by atoms with van der Waals surface area (Å²) in [5.41, 5.74) is 4.89. The van der Waals surface area contributed by atoms with Crippen LogP contribution in [-0.4, -0.2) is 96.2 Å². The summed E-state index contributed by atoms with van der Waals surface area (Å²) in [5.74, 6) is 0.481. The van der Waals surface area contributed by atoms with Gasteiger partial charge in [-0.3, -0.25) is 14.4 Å². The number of fused-ring (bicyclic) bond motifs is 2. The molecule has 0 bridgehead atoms. The number of carbonyl (C=O) groups excluding carboxylic acids is 3. The molecule has 3 amide bonds. The number of allylic oxidation sites excluding steroid dienone is 1. The van der Waals surface area contributed by atoms with Crippen LogP contribution in [0.15, 0.2) is 42.5 Å². The summed E-state index contributed by atoms with van der Waals surface area (Å²) in [6.45, 7) is 8.79. The van der Waals surface area contributed by atoms with Crippen molar-refractivity contribution in [1.29, 1.82) is 0 Å². The van der Waals surface area contributed by atoms with Crippen molar-refractivity contribution in [2.24, 2.45) is 5.41 Å². The lowest BCUT2D eigenvalue weighted by Gasteiger charge is -2.17. The summed E-state index contributed by atoms with van der Waals surface area (Å²) >= 11 is 0. The number of aromatic nitrogens is 1. The molecule has 270 valence electrons. The predicted molar refractivity (Wildman–Crippen MR) is 192 cm³/mol. The van der Waals surface area contributed by atoms with E-state index in [4.69, 9.17) is 28.7 Å². The van der Waals surface area contributed by atoms with E-state index in [1.807, 2.05) is 48.5 Å². The van der Waals surface area contributed by atoms with Crippen LogP contribution in [0.25, 0.3) is 22.6 Å². The Kier molecular flexibility index (Phi) is 14.6. The Morgan fingerprint density at radius 1 is 0.800 bits per heavy atom. The van der Waals surface area contributed by atoms with Gasteiger partial charge in [-0.15, -0.1) is 0 Å². The summed E-state index contributed by atoms with van der Waals surface area (Å²) in [5, 5.41) is 9.14. The van der Waals surface area contributed by atoms with Crippen LogP contribution in [0.3, 0.4) is 0 Å². The zero-order chi connectivity index (χ0) is 35.9. The van der Waals surface area contributed by atoms with Crippen LogP contribution >= 0.6 is 0 Å². The topological polar surface area (TPSA) is 146 Å². The van der Waals surface area contributed by atoms with Gasteiger partial charge >= 0.3 is 0 Å². The van der Waals surface area contributed by atoms with Gasteiger partial charge in [0.15, 0.2) is 11.5 Å². The van der Waals surface area contributed by atoms with Gasteiger partial charge in [-0.1, -0.05) is 51.1 Å². The molecule has 3 N–H and O–H groups in total. The number of benzene rings is 2. The minimum atomic E-state index is -0.325. The van der Waals surface area contributed by atoms with Crippen molar-refractivity contribution in [3.05, 3.63) is 64.8 Å². The maximum Gasteiger partial charge on any atom is 0.252 e. The van der Waals surface area contributed by atoms with Crippen molar-refractivity contribution in [1.82, 2.24) is 20.9 Å². The second-order valence-electron chi connectivity index (χ2n) is 13.1. The highest BCUT2D eigenvalue weighted by Crippen LogP contribution is 2.40. The lowest BCUT2D eigenvalue weighted by atomic mass is 9.92. The maximum atomic E-state index is 13.6. The number of hydrogen-bond acceptors (Lipinski definition) is 9. The van der Waals surface area contributed by atoms with Crippen molar-refractivity contribution in [2.45, 2.75) is 40.0 Å². The van der Waals surface area contributed by atoms with E-state index >= 15 is 0 Å². The summed E-state index contributed by atoms with van der Waals surface area (Å²) < 4.78 is 27.4. The zero-order valence-electron chi connectivity index (χ0n) is 29.8. The second kappa shape index (κ2) is 19.0. The fourth-order valence-electron chi connectivity index (χ4n) is 5.56. The van der Waals surface area contributed by atoms with Crippen molar-refractivity contribution < 1.29 is 38.1 Å². The number of nitrogens with zero attached hydrogens (tertiary/aromatic N) is 1. The number of para-hydroxylation sites is 2.